The topological polar surface area (TPSA) is 86.5 Å². The lowest BCUT2D eigenvalue weighted by atomic mass is 10.2. The summed E-state index contributed by atoms with van der Waals surface area (Å²) in [5.74, 6) is 1.31. The van der Waals surface area contributed by atoms with Gasteiger partial charge in [-0.05, 0) is 6.07 Å². The zero-order valence-electron chi connectivity index (χ0n) is 11.0. The first-order chi connectivity index (χ1) is 9.63. The summed E-state index contributed by atoms with van der Waals surface area (Å²) in [6.45, 7) is 0. The van der Waals surface area contributed by atoms with Gasteiger partial charge in [-0.2, -0.15) is 0 Å². The first-order valence-electron chi connectivity index (χ1n) is 5.73. The predicted molar refractivity (Wildman–Crippen MR) is 73.7 cm³/mol. The third-order valence-electron chi connectivity index (χ3n) is 2.60. The Morgan fingerprint density at radius 1 is 1.20 bits per heavy atom. The number of hydrogen-bond donors (Lipinski definition) is 1. The second-order valence-electron chi connectivity index (χ2n) is 3.85. The standard InChI is InChI=1S/C13H13N3O4/c1-19-10-6-9(7-11(8-10)20-2)15-13-12(16(17)18)4-3-5-14-13/h3-8H,1-2H3,(H,14,15). The van der Waals surface area contributed by atoms with Crippen LogP contribution in [0, 0.1) is 10.1 Å². The molecule has 1 aromatic carbocycles. The number of pyridine rings is 1. The Balaban J connectivity index is 2.37. The van der Waals surface area contributed by atoms with E-state index >= 15 is 0 Å². The number of methoxy groups -OCH3 is 2. The minimum Gasteiger partial charge on any atom is -0.497 e. The van der Waals surface area contributed by atoms with Gasteiger partial charge in [-0.25, -0.2) is 4.98 Å². The van der Waals surface area contributed by atoms with Gasteiger partial charge in [0.25, 0.3) is 0 Å². The molecule has 0 atom stereocenters. The zero-order valence-corrected chi connectivity index (χ0v) is 11.0. The maximum Gasteiger partial charge on any atom is 0.311 e. The van der Waals surface area contributed by atoms with Crippen molar-refractivity contribution in [2.75, 3.05) is 19.5 Å². The molecule has 2 aromatic rings. The van der Waals surface area contributed by atoms with Crippen molar-refractivity contribution in [2.45, 2.75) is 0 Å². The summed E-state index contributed by atoms with van der Waals surface area (Å²) in [7, 11) is 3.06. The van der Waals surface area contributed by atoms with Crippen molar-refractivity contribution in [1.29, 1.82) is 0 Å². The molecule has 0 unspecified atom stereocenters. The molecule has 0 saturated carbocycles. The number of ether oxygens (including phenoxy) is 2. The fraction of sp³-hybridized carbons (Fsp3) is 0.154. The smallest absolute Gasteiger partial charge is 0.311 e. The molecule has 0 aliphatic heterocycles. The molecule has 1 aromatic heterocycles. The van der Waals surface area contributed by atoms with Crippen molar-refractivity contribution in [3.05, 3.63) is 46.6 Å². The number of nitrogens with zero attached hydrogens (tertiary/aromatic N) is 2. The van der Waals surface area contributed by atoms with Crippen molar-refractivity contribution in [3.63, 3.8) is 0 Å². The van der Waals surface area contributed by atoms with E-state index in [0.29, 0.717) is 17.2 Å². The SMILES string of the molecule is COc1cc(Nc2ncccc2[N+](=O)[O-])cc(OC)c1. The van der Waals surface area contributed by atoms with Gasteiger partial charge < -0.3 is 14.8 Å². The maximum absolute atomic E-state index is 10.9. The van der Waals surface area contributed by atoms with Crippen molar-refractivity contribution in [1.82, 2.24) is 4.98 Å². The van der Waals surface area contributed by atoms with Gasteiger partial charge in [0.2, 0.25) is 5.82 Å². The maximum atomic E-state index is 10.9. The molecule has 1 heterocycles. The quantitative estimate of drug-likeness (QED) is 0.667. The second kappa shape index (κ2) is 5.87. The highest BCUT2D eigenvalue weighted by Crippen LogP contribution is 2.30. The van der Waals surface area contributed by atoms with Crippen LogP contribution >= 0.6 is 0 Å². The fourth-order valence-electron chi connectivity index (χ4n) is 1.66. The molecule has 7 heteroatoms. The van der Waals surface area contributed by atoms with Gasteiger partial charge in [0, 0.05) is 36.1 Å². The van der Waals surface area contributed by atoms with Crippen LogP contribution in [0.4, 0.5) is 17.2 Å². The minimum absolute atomic E-state index is 0.103. The highest BCUT2D eigenvalue weighted by molar-refractivity contribution is 5.67. The average molecular weight is 275 g/mol. The molecule has 0 aliphatic rings. The summed E-state index contributed by atoms with van der Waals surface area (Å²) in [6.07, 6.45) is 1.48. The third kappa shape index (κ3) is 2.94. The van der Waals surface area contributed by atoms with E-state index in [1.807, 2.05) is 0 Å². The van der Waals surface area contributed by atoms with Gasteiger partial charge in [0.1, 0.15) is 11.5 Å². The summed E-state index contributed by atoms with van der Waals surface area (Å²) >= 11 is 0. The largest absolute Gasteiger partial charge is 0.497 e. The summed E-state index contributed by atoms with van der Waals surface area (Å²) in [5, 5.41) is 13.8. The Morgan fingerprint density at radius 3 is 2.40 bits per heavy atom. The summed E-state index contributed by atoms with van der Waals surface area (Å²) in [4.78, 5) is 14.4. The first-order valence-corrected chi connectivity index (χ1v) is 5.73. The summed E-state index contributed by atoms with van der Waals surface area (Å²) in [6, 6.07) is 7.99. The van der Waals surface area contributed by atoms with Crippen molar-refractivity contribution < 1.29 is 14.4 Å². The molecule has 0 fully saturated rings. The van der Waals surface area contributed by atoms with E-state index in [9.17, 15) is 10.1 Å². The minimum atomic E-state index is -0.493. The zero-order chi connectivity index (χ0) is 14.5. The summed E-state index contributed by atoms with van der Waals surface area (Å²) < 4.78 is 10.3. The number of aromatic nitrogens is 1. The molecule has 2 rings (SSSR count). The normalized spacial score (nSPS) is 9.90. The molecule has 0 radical (unpaired) electrons. The molecule has 0 spiro atoms. The molecule has 20 heavy (non-hydrogen) atoms. The van der Waals surface area contributed by atoms with E-state index in [1.54, 1.807) is 18.2 Å². The van der Waals surface area contributed by atoms with Crippen LogP contribution in [0.15, 0.2) is 36.5 Å². The molecule has 7 nitrogen and oxygen atoms in total. The van der Waals surface area contributed by atoms with Crippen molar-refractivity contribution in [2.24, 2.45) is 0 Å². The van der Waals surface area contributed by atoms with Crippen LogP contribution < -0.4 is 14.8 Å². The van der Waals surface area contributed by atoms with E-state index in [2.05, 4.69) is 10.3 Å². The van der Waals surface area contributed by atoms with Crippen LogP contribution in [0.1, 0.15) is 0 Å². The van der Waals surface area contributed by atoms with Crippen LogP contribution in [0.25, 0.3) is 0 Å². The van der Waals surface area contributed by atoms with Gasteiger partial charge in [0.15, 0.2) is 0 Å². The Labute approximate surface area is 115 Å². The van der Waals surface area contributed by atoms with E-state index < -0.39 is 4.92 Å². The van der Waals surface area contributed by atoms with E-state index in [0.717, 1.165) is 0 Å². The van der Waals surface area contributed by atoms with Crippen molar-refractivity contribution >= 4 is 17.2 Å². The number of nitro groups is 1. The summed E-state index contributed by atoms with van der Waals surface area (Å²) in [5.41, 5.74) is 0.484. The average Bonchev–Trinajstić information content (AvgIpc) is 2.47. The molecular formula is C13H13N3O4. The molecule has 0 aliphatic carbocycles. The fourth-order valence-corrected chi connectivity index (χ4v) is 1.66. The van der Waals surface area contributed by atoms with Crippen LogP contribution in [0.3, 0.4) is 0 Å². The molecule has 0 bridgehead atoms. The molecule has 1 N–H and O–H groups in total. The lowest BCUT2D eigenvalue weighted by Gasteiger charge is -2.10. The van der Waals surface area contributed by atoms with Gasteiger partial charge in [0.05, 0.1) is 19.1 Å². The number of rotatable bonds is 5. The predicted octanol–water partition coefficient (Wildman–Crippen LogP) is 2.75. The van der Waals surface area contributed by atoms with Crippen LogP contribution in [-0.2, 0) is 0 Å². The third-order valence-corrected chi connectivity index (χ3v) is 2.60. The molecule has 104 valence electrons. The van der Waals surface area contributed by atoms with E-state index in [-0.39, 0.29) is 11.5 Å². The lowest BCUT2D eigenvalue weighted by molar-refractivity contribution is -0.384. The van der Waals surface area contributed by atoms with Gasteiger partial charge in [-0.3, -0.25) is 10.1 Å². The second-order valence-corrected chi connectivity index (χ2v) is 3.85. The Bertz CT molecular complexity index is 609. The van der Waals surface area contributed by atoms with E-state index in [4.69, 9.17) is 9.47 Å². The lowest BCUT2D eigenvalue weighted by Crippen LogP contribution is -2.00. The molecule has 0 amide bonds. The van der Waals surface area contributed by atoms with Gasteiger partial charge >= 0.3 is 5.69 Å². The van der Waals surface area contributed by atoms with Crippen LogP contribution in [-0.4, -0.2) is 24.1 Å². The Hall–Kier alpha value is -2.83. The van der Waals surface area contributed by atoms with Crippen LogP contribution in [0.2, 0.25) is 0 Å². The first kappa shape index (κ1) is 13.6. The molecule has 0 saturated heterocycles. The number of nitrogens with one attached hydrogen (secondary N) is 1. The number of anilines is 2. The number of benzene rings is 1. The molecular weight excluding hydrogens is 262 g/mol. The van der Waals surface area contributed by atoms with Crippen LogP contribution in [0.5, 0.6) is 11.5 Å². The van der Waals surface area contributed by atoms with Gasteiger partial charge in [-0.1, -0.05) is 0 Å². The van der Waals surface area contributed by atoms with Gasteiger partial charge in [-0.15, -0.1) is 0 Å². The monoisotopic (exact) mass is 275 g/mol. The Kier molecular flexibility index (Phi) is 3.99. The Morgan fingerprint density at radius 2 is 1.85 bits per heavy atom. The van der Waals surface area contributed by atoms with E-state index in [1.165, 1.54) is 32.5 Å². The van der Waals surface area contributed by atoms with Crippen molar-refractivity contribution in [3.8, 4) is 11.5 Å². The highest BCUT2D eigenvalue weighted by atomic mass is 16.6. The highest BCUT2D eigenvalue weighted by Gasteiger charge is 2.14. The number of hydrogen-bond acceptors (Lipinski definition) is 6.